The maximum atomic E-state index is 11.9. The summed E-state index contributed by atoms with van der Waals surface area (Å²) in [6, 6.07) is 18.2. The monoisotopic (exact) mass is 338 g/mol. The van der Waals surface area contributed by atoms with E-state index in [1.807, 2.05) is 37.3 Å². The Kier molecular flexibility index (Phi) is 4.77. The molecule has 5 heteroatoms. The van der Waals surface area contributed by atoms with Crippen LogP contribution in [0.25, 0.3) is 11.3 Å². The third kappa shape index (κ3) is 3.73. The maximum absolute atomic E-state index is 11.9. The van der Waals surface area contributed by atoms with E-state index in [0.29, 0.717) is 22.1 Å². The summed E-state index contributed by atoms with van der Waals surface area (Å²) in [7, 11) is 0. The van der Waals surface area contributed by atoms with Gasteiger partial charge in [-0.3, -0.25) is 4.79 Å². The molecule has 1 heterocycles. The lowest BCUT2D eigenvalue weighted by atomic mass is 10.1. The largest absolute Gasteiger partial charge is 0.455 e. The van der Waals surface area contributed by atoms with Gasteiger partial charge in [0, 0.05) is 16.1 Å². The smallest absolute Gasteiger partial charge is 0.271 e. The molecule has 0 fully saturated rings. The summed E-state index contributed by atoms with van der Waals surface area (Å²) in [5.41, 5.74) is 4.91. The zero-order valence-corrected chi connectivity index (χ0v) is 13.7. The van der Waals surface area contributed by atoms with E-state index in [9.17, 15) is 4.79 Å². The number of hydrazone groups is 1. The van der Waals surface area contributed by atoms with Crippen molar-refractivity contribution in [2.75, 3.05) is 0 Å². The molecule has 3 rings (SSSR count). The van der Waals surface area contributed by atoms with Crippen molar-refractivity contribution in [1.29, 1.82) is 0 Å². The number of hydrogen-bond donors (Lipinski definition) is 1. The Morgan fingerprint density at radius 1 is 1.12 bits per heavy atom. The average Bonchev–Trinajstić information content (AvgIpc) is 3.07. The van der Waals surface area contributed by atoms with Crippen LogP contribution in [0.5, 0.6) is 0 Å². The fourth-order valence-electron chi connectivity index (χ4n) is 2.13. The number of furan rings is 1. The number of nitrogens with one attached hydrogen (secondary N) is 1. The van der Waals surface area contributed by atoms with E-state index in [2.05, 4.69) is 10.5 Å². The second-order valence-electron chi connectivity index (χ2n) is 5.23. The number of aryl methyl sites for hydroxylation is 1. The lowest BCUT2D eigenvalue weighted by molar-refractivity contribution is 0.0955. The maximum Gasteiger partial charge on any atom is 0.271 e. The number of halogens is 1. The van der Waals surface area contributed by atoms with E-state index in [-0.39, 0.29) is 5.91 Å². The van der Waals surface area contributed by atoms with Crippen LogP contribution in [0.1, 0.15) is 21.7 Å². The molecule has 0 aliphatic rings. The highest BCUT2D eigenvalue weighted by Gasteiger charge is 2.06. The Hall–Kier alpha value is -2.85. The normalized spacial score (nSPS) is 10.9. The number of amides is 1. The summed E-state index contributed by atoms with van der Waals surface area (Å²) in [5.74, 6) is 0.951. The second kappa shape index (κ2) is 7.15. The minimum absolute atomic E-state index is 0.274. The Labute approximate surface area is 144 Å². The molecule has 24 heavy (non-hydrogen) atoms. The van der Waals surface area contributed by atoms with Gasteiger partial charge in [0.2, 0.25) is 0 Å². The first-order valence-corrected chi connectivity index (χ1v) is 7.76. The molecule has 1 aromatic heterocycles. The molecule has 0 saturated carbocycles. The van der Waals surface area contributed by atoms with Crippen molar-refractivity contribution in [3.63, 3.8) is 0 Å². The van der Waals surface area contributed by atoms with Gasteiger partial charge >= 0.3 is 0 Å². The highest BCUT2D eigenvalue weighted by molar-refractivity contribution is 6.31. The lowest BCUT2D eigenvalue weighted by Gasteiger charge is -2.00. The molecule has 0 aliphatic carbocycles. The van der Waals surface area contributed by atoms with Crippen molar-refractivity contribution in [1.82, 2.24) is 5.43 Å². The number of benzene rings is 2. The molecule has 4 nitrogen and oxygen atoms in total. The van der Waals surface area contributed by atoms with Crippen LogP contribution < -0.4 is 5.43 Å². The number of rotatable bonds is 4. The molecule has 0 saturated heterocycles. The summed E-state index contributed by atoms with van der Waals surface area (Å²) < 4.78 is 5.69. The molecule has 120 valence electrons. The van der Waals surface area contributed by atoms with Crippen LogP contribution >= 0.6 is 11.6 Å². The number of carbonyl (C=O) groups excluding carboxylic acids is 1. The van der Waals surface area contributed by atoms with Crippen molar-refractivity contribution in [2.45, 2.75) is 6.92 Å². The lowest BCUT2D eigenvalue weighted by Crippen LogP contribution is -2.17. The fourth-order valence-corrected chi connectivity index (χ4v) is 2.31. The van der Waals surface area contributed by atoms with Gasteiger partial charge in [0.25, 0.3) is 5.91 Å². The third-order valence-corrected chi connectivity index (χ3v) is 3.88. The van der Waals surface area contributed by atoms with E-state index in [0.717, 1.165) is 11.1 Å². The van der Waals surface area contributed by atoms with Crippen LogP contribution in [-0.2, 0) is 0 Å². The van der Waals surface area contributed by atoms with Crippen molar-refractivity contribution in [3.05, 3.63) is 82.6 Å². The molecule has 0 bridgehead atoms. The molecule has 0 atom stereocenters. The van der Waals surface area contributed by atoms with Crippen LogP contribution in [0, 0.1) is 6.92 Å². The van der Waals surface area contributed by atoms with E-state index in [4.69, 9.17) is 16.0 Å². The summed E-state index contributed by atoms with van der Waals surface area (Å²) in [4.78, 5) is 11.9. The molecule has 0 unspecified atom stereocenters. The van der Waals surface area contributed by atoms with E-state index in [1.165, 1.54) is 6.21 Å². The predicted octanol–water partition coefficient (Wildman–Crippen LogP) is 4.67. The summed E-state index contributed by atoms with van der Waals surface area (Å²) >= 11 is 6.13. The van der Waals surface area contributed by atoms with E-state index in [1.54, 1.807) is 30.3 Å². The number of carbonyl (C=O) groups is 1. The van der Waals surface area contributed by atoms with Gasteiger partial charge < -0.3 is 4.42 Å². The van der Waals surface area contributed by atoms with Crippen molar-refractivity contribution in [3.8, 4) is 11.3 Å². The third-order valence-electron chi connectivity index (χ3n) is 3.48. The van der Waals surface area contributed by atoms with Crippen LogP contribution in [0.2, 0.25) is 5.02 Å². The summed E-state index contributed by atoms with van der Waals surface area (Å²) in [5, 5.41) is 4.60. The van der Waals surface area contributed by atoms with E-state index >= 15 is 0 Å². The molecular weight excluding hydrogens is 324 g/mol. The van der Waals surface area contributed by atoms with Gasteiger partial charge in [0.1, 0.15) is 11.5 Å². The first kappa shape index (κ1) is 16.0. The number of nitrogens with zero attached hydrogens (tertiary/aromatic N) is 1. The minimum Gasteiger partial charge on any atom is -0.455 e. The van der Waals surface area contributed by atoms with Crippen LogP contribution in [0.3, 0.4) is 0 Å². The van der Waals surface area contributed by atoms with Crippen LogP contribution in [0.4, 0.5) is 0 Å². The van der Waals surface area contributed by atoms with Gasteiger partial charge in [-0.25, -0.2) is 5.43 Å². The molecule has 2 aromatic carbocycles. The molecule has 3 aromatic rings. The first-order valence-electron chi connectivity index (χ1n) is 7.38. The quantitative estimate of drug-likeness (QED) is 0.555. The fraction of sp³-hybridized carbons (Fsp3) is 0.0526. The standard InChI is InChI=1S/C19H15ClN2O2/c1-13-7-8-15(11-17(13)20)18-10-9-16(24-18)12-21-22-19(23)14-5-3-2-4-6-14/h2-12H,1H3,(H,22,23)/b21-12+. The second-order valence-corrected chi connectivity index (χ2v) is 5.64. The van der Waals surface area contributed by atoms with Gasteiger partial charge in [-0.05, 0) is 42.8 Å². The minimum atomic E-state index is -0.274. The average molecular weight is 339 g/mol. The van der Waals surface area contributed by atoms with Gasteiger partial charge in [-0.2, -0.15) is 5.10 Å². The van der Waals surface area contributed by atoms with Crippen molar-refractivity contribution < 1.29 is 9.21 Å². The summed E-state index contributed by atoms with van der Waals surface area (Å²) in [6.45, 7) is 1.95. The zero-order valence-electron chi connectivity index (χ0n) is 13.0. The highest BCUT2D eigenvalue weighted by atomic mass is 35.5. The topological polar surface area (TPSA) is 54.6 Å². The SMILES string of the molecule is Cc1ccc(-c2ccc(/C=N/NC(=O)c3ccccc3)o2)cc1Cl. The Morgan fingerprint density at radius 3 is 2.67 bits per heavy atom. The number of hydrogen-bond acceptors (Lipinski definition) is 3. The van der Waals surface area contributed by atoms with Crippen LogP contribution in [-0.4, -0.2) is 12.1 Å². The first-order chi connectivity index (χ1) is 11.6. The molecule has 0 radical (unpaired) electrons. The molecule has 0 aliphatic heterocycles. The molecular formula is C19H15ClN2O2. The van der Waals surface area contributed by atoms with Crippen molar-refractivity contribution in [2.24, 2.45) is 5.10 Å². The Bertz CT molecular complexity index is 885. The van der Waals surface area contributed by atoms with Crippen molar-refractivity contribution >= 4 is 23.7 Å². The van der Waals surface area contributed by atoms with Crippen LogP contribution in [0.15, 0.2) is 70.2 Å². The van der Waals surface area contributed by atoms with Gasteiger partial charge in [-0.1, -0.05) is 41.9 Å². The van der Waals surface area contributed by atoms with Gasteiger partial charge in [0.15, 0.2) is 0 Å². The molecule has 1 N–H and O–H groups in total. The predicted molar refractivity (Wildman–Crippen MR) is 95.4 cm³/mol. The van der Waals surface area contributed by atoms with E-state index < -0.39 is 0 Å². The highest BCUT2D eigenvalue weighted by Crippen LogP contribution is 2.26. The van der Waals surface area contributed by atoms with Gasteiger partial charge in [0.05, 0.1) is 6.21 Å². The summed E-state index contributed by atoms with van der Waals surface area (Å²) in [6.07, 6.45) is 1.46. The Balaban J connectivity index is 1.67. The zero-order chi connectivity index (χ0) is 16.9. The molecule has 0 spiro atoms. The Morgan fingerprint density at radius 2 is 1.92 bits per heavy atom. The van der Waals surface area contributed by atoms with Gasteiger partial charge in [-0.15, -0.1) is 0 Å². The molecule has 1 amide bonds.